The van der Waals surface area contributed by atoms with Crippen LogP contribution in [0.15, 0.2) is 6.07 Å². The van der Waals surface area contributed by atoms with Gasteiger partial charge in [0.1, 0.15) is 0 Å². The first kappa shape index (κ1) is 8.26. The number of hydrogen-bond acceptors (Lipinski definition) is 2. The molecule has 0 unspecified atom stereocenters. The highest BCUT2D eigenvalue weighted by molar-refractivity contribution is 5.37. The highest BCUT2D eigenvalue weighted by atomic mass is 15.1. The molecule has 0 saturated heterocycles. The first-order valence-corrected chi connectivity index (χ1v) is 6.29. The van der Waals surface area contributed by atoms with Crippen LogP contribution in [0.1, 0.15) is 73.2 Å². The van der Waals surface area contributed by atoms with E-state index >= 15 is 0 Å². The maximum atomic E-state index is 4.49. The van der Waals surface area contributed by atoms with Crippen molar-refractivity contribution in [1.82, 2.24) is 10.2 Å². The third-order valence-corrected chi connectivity index (χ3v) is 4.65. The second-order valence-corrected chi connectivity index (χ2v) is 5.44. The fourth-order valence-electron chi connectivity index (χ4n) is 3.49. The minimum atomic E-state index is 0.738. The average Bonchev–Trinajstić information content (AvgIpc) is 2.75. The maximum Gasteiger partial charge on any atom is 0.0697 e. The van der Waals surface area contributed by atoms with E-state index in [4.69, 9.17) is 0 Å². The van der Waals surface area contributed by atoms with Crippen LogP contribution in [-0.2, 0) is 0 Å². The Labute approximate surface area is 90.1 Å². The Morgan fingerprint density at radius 2 is 1.80 bits per heavy atom. The minimum absolute atomic E-state index is 0.738. The summed E-state index contributed by atoms with van der Waals surface area (Å²) in [4.78, 5) is 0. The summed E-state index contributed by atoms with van der Waals surface area (Å²) in [5.74, 6) is 2.33. The highest BCUT2D eigenvalue weighted by Crippen LogP contribution is 2.52. The van der Waals surface area contributed by atoms with Crippen LogP contribution >= 0.6 is 0 Å². The summed E-state index contributed by atoms with van der Waals surface area (Å²) < 4.78 is 0. The first-order valence-electron chi connectivity index (χ1n) is 6.29. The number of fused-ring (bicyclic) bond motifs is 5. The molecule has 2 saturated carbocycles. The normalized spacial score (nSPS) is 32.8. The van der Waals surface area contributed by atoms with Crippen LogP contribution in [0.3, 0.4) is 0 Å². The van der Waals surface area contributed by atoms with Crippen LogP contribution in [0.25, 0.3) is 0 Å². The molecule has 0 aliphatic heterocycles. The largest absolute Gasteiger partial charge is 0.155 e. The lowest BCUT2D eigenvalue weighted by atomic mass is 9.82. The zero-order valence-corrected chi connectivity index (χ0v) is 8.95. The molecule has 0 aromatic carbocycles. The van der Waals surface area contributed by atoms with Gasteiger partial charge in [0.25, 0.3) is 0 Å². The molecule has 2 atom stereocenters. The van der Waals surface area contributed by atoms with E-state index in [0.29, 0.717) is 0 Å². The molecular formula is C13H16N2. The topological polar surface area (TPSA) is 25.8 Å². The van der Waals surface area contributed by atoms with E-state index in [-0.39, 0.29) is 0 Å². The maximum absolute atomic E-state index is 4.49. The molecule has 0 radical (unpaired) electrons. The van der Waals surface area contributed by atoms with Crippen molar-refractivity contribution >= 4 is 0 Å². The molecule has 2 fully saturated rings. The van der Waals surface area contributed by atoms with Gasteiger partial charge < -0.3 is 0 Å². The zero-order chi connectivity index (χ0) is 9.83. The lowest BCUT2D eigenvalue weighted by molar-refractivity contribution is 0.406. The summed E-state index contributed by atoms with van der Waals surface area (Å²) in [7, 11) is 0. The molecule has 0 N–H and O–H groups in total. The summed E-state index contributed by atoms with van der Waals surface area (Å²) in [5, 5.41) is 8.94. The fourth-order valence-corrected chi connectivity index (χ4v) is 3.49. The second-order valence-electron chi connectivity index (χ2n) is 5.44. The van der Waals surface area contributed by atoms with Gasteiger partial charge >= 0.3 is 0 Å². The third-order valence-electron chi connectivity index (χ3n) is 4.65. The lowest BCUT2D eigenvalue weighted by Crippen LogP contribution is -2.13. The molecule has 78 valence electrons. The third kappa shape index (κ3) is 1.05. The van der Waals surface area contributed by atoms with E-state index in [9.17, 15) is 0 Å². The monoisotopic (exact) mass is 200 g/mol. The van der Waals surface area contributed by atoms with Crippen LogP contribution in [-0.4, -0.2) is 10.2 Å². The molecule has 2 nitrogen and oxygen atoms in total. The Hall–Kier alpha value is -0.920. The highest BCUT2D eigenvalue weighted by Gasteiger charge is 2.39. The van der Waals surface area contributed by atoms with Gasteiger partial charge in [0.15, 0.2) is 0 Å². The van der Waals surface area contributed by atoms with Crippen LogP contribution < -0.4 is 0 Å². The van der Waals surface area contributed by atoms with Crippen molar-refractivity contribution < 1.29 is 0 Å². The summed E-state index contributed by atoms with van der Waals surface area (Å²) >= 11 is 0. The first-order chi connectivity index (χ1) is 7.42. The molecule has 0 amide bonds. The number of rotatable bonds is 1. The number of hydrogen-bond donors (Lipinski definition) is 0. The molecule has 3 aliphatic rings. The predicted octanol–water partition coefficient (Wildman–Crippen LogP) is 3.11. The van der Waals surface area contributed by atoms with Crippen molar-refractivity contribution in [3.63, 3.8) is 0 Å². The average molecular weight is 200 g/mol. The van der Waals surface area contributed by atoms with E-state index < -0.39 is 0 Å². The van der Waals surface area contributed by atoms with E-state index in [1.807, 2.05) is 0 Å². The quantitative estimate of drug-likeness (QED) is 0.696. The molecule has 1 heterocycles. The Morgan fingerprint density at radius 3 is 2.60 bits per heavy atom. The van der Waals surface area contributed by atoms with Crippen molar-refractivity contribution in [2.24, 2.45) is 0 Å². The van der Waals surface area contributed by atoms with E-state index in [1.54, 1.807) is 5.56 Å². The Bertz CT molecular complexity index is 409. The SMILES string of the molecule is c1c(C2CCC2)nnc2c1[C@H]1CC[C@H]2C1. The summed E-state index contributed by atoms with van der Waals surface area (Å²) in [6, 6.07) is 2.38. The van der Waals surface area contributed by atoms with Gasteiger partial charge in [-0.2, -0.15) is 10.2 Å². The molecule has 1 aromatic heterocycles. The molecule has 3 aliphatic carbocycles. The number of aromatic nitrogens is 2. The van der Waals surface area contributed by atoms with Gasteiger partial charge in [0, 0.05) is 11.8 Å². The zero-order valence-electron chi connectivity index (χ0n) is 8.95. The summed E-state index contributed by atoms with van der Waals surface area (Å²) in [6.45, 7) is 0. The standard InChI is InChI=1S/C13H16N2/c1-2-8(3-1)12-7-11-9-4-5-10(6-9)13(11)15-14-12/h7-10H,1-6H2/t9-,10-/m0/s1. The second kappa shape index (κ2) is 2.81. The Morgan fingerprint density at radius 1 is 0.933 bits per heavy atom. The Balaban J connectivity index is 1.77. The summed E-state index contributed by atoms with van der Waals surface area (Å²) in [5.41, 5.74) is 4.19. The minimum Gasteiger partial charge on any atom is -0.155 e. The van der Waals surface area contributed by atoms with Crippen LogP contribution in [0.5, 0.6) is 0 Å². The van der Waals surface area contributed by atoms with Gasteiger partial charge in [-0.1, -0.05) is 6.42 Å². The smallest absolute Gasteiger partial charge is 0.0697 e. The fraction of sp³-hybridized carbons (Fsp3) is 0.692. The van der Waals surface area contributed by atoms with Crippen molar-refractivity contribution in [2.45, 2.75) is 56.3 Å². The van der Waals surface area contributed by atoms with Crippen LogP contribution in [0, 0.1) is 0 Å². The van der Waals surface area contributed by atoms with Gasteiger partial charge in [-0.3, -0.25) is 0 Å². The van der Waals surface area contributed by atoms with E-state index in [0.717, 1.165) is 17.8 Å². The Kier molecular flexibility index (Phi) is 1.54. The van der Waals surface area contributed by atoms with Gasteiger partial charge in [0.05, 0.1) is 11.4 Å². The predicted molar refractivity (Wildman–Crippen MR) is 58.0 cm³/mol. The molecule has 15 heavy (non-hydrogen) atoms. The van der Waals surface area contributed by atoms with Crippen LogP contribution in [0.2, 0.25) is 0 Å². The lowest BCUT2D eigenvalue weighted by Gasteiger charge is -2.25. The molecule has 2 bridgehead atoms. The molecule has 4 rings (SSSR count). The van der Waals surface area contributed by atoms with Gasteiger partial charge in [0.2, 0.25) is 0 Å². The van der Waals surface area contributed by atoms with Gasteiger partial charge in [-0.05, 0) is 49.7 Å². The van der Waals surface area contributed by atoms with Crippen molar-refractivity contribution in [2.75, 3.05) is 0 Å². The van der Waals surface area contributed by atoms with Crippen molar-refractivity contribution in [3.05, 3.63) is 23.0 Å². The molecular weight excluding hydrogens is 184 g/mol. The summed E-state index contributed by atoms with van der Waals surface area (Å²) in [6.07, 6.45) is 8.17. The van der Waals surface area contributed by atoms with Crippen LogP contribution in [0.4, 0.5) is 0 Å². The van der Waals surface area contributed by atoms with E-state index in [1.165, 1.54) is 49.9 Å². The van der Waals surface area contributed by atoms with Gasteiger partial charge in [-0.15, -0.1) is 0 Å². The molecule has 1 aromatic rings. The van der Waals surface area contributed by atoms with Gasteiger partial charge in [-0.25, -0.2) is 0 Å². The molecule has 0 spiro atoms. The van der Waals surface area contributed by atoms with Crippen molar-refractivity contribution in [1.29, 1.82) is 0 Å². The molecule has 2 heteroatoms. The number of nitrogens with zero attached hydrogens (tertiary/aromatic N) is 2. The van der Waals surface area contributed by atoms with Crippen molar-refractivity contribution in [3.8, 4) is 0 Å². The van der Waals surface area contributed by atoms with E-state index in [2.05, 4.69) is 16.3 Å².